The van der Waals surface area contributed by atoms with E-state index in [1.165, 1.54) is 7.11 Å². The highest BCUT2D eigenvalue weighted by Gasteiger charge is 2.65. The SMILES string of the molecule is COC(=O)C1=C(C)O[C@]2(C)[C@@H](O[Si](C)(C)C(C)(C)C)C[C@@H](C(C)C)C(C)(C)[C@H]2C1=O. The summed E-state index contributed by atoms with van der Waals surface area (Å²) in [6, 6.07) is 0. The third-order valence-electron chi connectivity index (χ3n) is 8.05. The van der Waals surface area contributed by atoms with Crippen molar-refractivity contribution in [2.45, 2.75) is 98.6 Å². The molecule has 0 aromatic carbocycles. The van der Waals surface area contributed by atoms with E-state index in [0.29, 0.717) is 11.7 Å². The van der Waals surface area contributed by atoms with Gasteiger partial charge in [0.15, 0.2) is 14.1 Å². The van der Waals surface area contributed by atoms with Gasteiger partial charge in [-0.2, -0.15) is 0 Å². The number of fused-ring (bicyclic) bond motifs is 1. The molecule has 0 amide bonds. The van der Waals surface area contributed by atoms with E-state index in [2.05, 4.69) is 61.6 Å². The van der Waals surface area contributed by atoms with Crippen LogP contribution in [0.15, 0.2) is 11.3 Å². The Morgan fingerprint density at radius 1 is 1.20 bits per heavy atom. The topological polar surface area (TPSA) is 61.8 Å². The van der Waals surface area contributed by atoms with Crippen molar-refractivity contribution in [2.75, 3.05) is 7.11 Å². The van der Waals surface area contributed by atoms with E-state index in [0.717, 1.165) is 6.42 Å². The largest absolute Gasteiger partial charge is 0.488 e. The maximum Gasteiger partial charge on any atom is 0.344 e. The zero-order valence-electron chi connectivity index (χ0n) is 21.1. The molecule has 1 aliphatic heterocycles. The lowest BCUT2D eigenvalue weighted by atomic mass is 9.51. The molecule has 6 heteroatoms. The second-order valence-electron chi connectivity index (χ2n) is 11.8. The van der Waals surface area contributed by atoms with Crippen LogP contribution in [0.2, 0.25) is 18.1 Å². The molecule has 0 radical (unpaired) electrons. The third kappa shape index (κ3) is 3.90. The number of allylic oxidation sites excluding steroid dienone is 1. The Morgan fingerprint density at radius 3 is 2.17 bits per heavy atom. The summed E-state index contributed by atoms with van der Waals surface area (Å²) in [7, 11) is -0.813. The first-order valence-corrected chi connectivity index (χ1v) is 14.0. The second kappa shape index (κ2) is 7.77. The summed E-state index contributed by atoms with van der Waals surface area (Å²) in [5.41, 5.74) is -1.14. The standard InChI is InChI=1S/C24H42O5Si/c1-14(2)16-13-17(29-30(11,12)22(4,5)6)24(9)20(23(16,7)8)19(25)18(15(3)28-24)21(26)27-10/h14,16-17,20H,13H2,1-12H3/t16-,17-,20+,24+/m0/s1. The molecule has 0 unspecified atom stereocenters. The number of carbonyl (C=O) groups is 2. The van der Waals surface area contributed by atoms with Crippen LogP contribution in [0.3, 0.4) is 0 Å². The van der Waals surface area contributed by atoms with Crippen molar-refractivity contribution >= 4 is 20.1 Å². The predicted octanol–water partition coefficient (Wildman–Crippen LogP) is 5.50. The molecule has 172 valence electrons. The zero-order chi connectivity index (χ0) is 23.4. The maximum atomic E-state index is 13.8. The van der Waals surface area contributed by atoms with Crippen molar-refractivity contribution in [3.63, 3.8) is 0 Å². The highest BCUT2D eigenvalue weighted by atomic mass is 28.4. The highest BCUT2D eigenvalue weighted by Crippen LogP contribution is 2.58. The van der Waals surface area contributed by atoms with Crippen LogP contribution < -0.4 is 0 Å². The van der Waals surface area contributed by atoms with Gasteiger partial charge in [-0.05, 0) is 55.7 Å². The molecule has 0 aromatic heterocycles. The number of ether oxygens (including phenoxy) is 2. The number of methoxy groups -OCH3 is 1. The van der Waals surface area contributed by atoms with Crippen LogP contribution in [-0.2, 0) is 23.5 Å². The number of carbonyl (C=O) groups excluding carboxylic acids is 2. The number of hydrogen-bond acceptors (Lipinski definition) is 5. The average molecular weight is 439 g/mol. The van der Waals surface area contributed by atoms with Crippen LogP contribution in [0.4, 0.5) is 0 Å². The molecule has 0 spiro atoms. The van der Waals surface area contributed by atoms with Gasteiger partial charge >= 0.3 is 5.97 Å². The lowest BCUT2D eigenvalue weighted by molar-refractivity contribution is -0.203. The molecule has 4 atom stereocenters. The van der Waals surface area contributed by atoms with Gasteiger partial charge in [-0.1, -0.05) is 48.5 Å². The smallest absolute Gasteiger partial charge is 0.344 e. The molecule has 2 rings (SSSR count). The van der Waals surface area contributed by atoms with Crippen molar-refractivity contribution in [1.29, 1.82) is 0 Å². The number of hydrogen-bond donors (Lipinski definition) is 0. The second-order valence-corrected chi connectivity index (χ2v) is 16.5. The molecule has 0 N–H and O–H groups in total. The average Bonchev–Trinajstić information content (AvgIpc) is 2.54. The van der Waals surface area contributed by atoms with Crippen molar-refractivity contribution < 1.29 is 23.5 Å². The van der Waals surface area contributed by atoms with Gasteiger partial charge in [0.05, 0.1) is 19.1 Å². The third-order valence-corrected chi connectivity index (χ3v) is 12.5. The van der Waals surface area contributed by atoms with Crippen LogP contribution in [0.25, 0.3) is 0 Å². The van der Waals surface area contributed by atoms with Crippen molar-refractivity contribution in [3.8, 4) is 0 Å². The van der Waals surface area contributed by atoms with Gasteiger partial charge in [-0.3, -0.25) is 4.79 Å². The molecule has 1 saturated carbocycles. The molecule has 0 aromatic rings. The Morgan fingerprint density at radius 2 is 1.73 bits per heavy atom. The Labute approximate surface area is 184 Å². The number of ketones is 1. The lowest BCUT2D eigenvalue weighted by Gasteiger charge is -2.60. The molecule has 0 bridgehead atoms. The Hall–Kier alpha value is -1.14. The van der Waals surface area contributed by atoms with Crippen molar-refractivity contribution in [2.24, 2.45) is 23.2 Å². The minimum Gasteiger partial charge on any atom is -0.488 e. The maximum absolute atomic E-state index is 13.8. The minimum atomic E-state index is -2.12. The lowest BCUT2D eigenvalue weighted by Crippen LogP contribution is -2.67. The minimum absolute atomic E-state index is 0.0416. The Balaban J connectivity index is 2.67. The molecular weight excluding hydrogens is 396 g/mol. The summed E-state index contributed by atoms with van der Waals surface area (Å²) in [5.74, 6) is -0.310. The fourth-order valence-corrected chi connectivity index (χ4v) is 6.90. The van der Waals surface area contributed by atoms with Gasteiger partial charge in [0.1, 0.15) is 16.9 Å². The van der Waals surface area contributed by atoms with Gasteiger partial charge in [-0.25, -0.2) is 4.79 Å². The number of esters is 1. The Bertz CT molecular complexity index is 743. The van der Waals surface area contributed by atoms with Crippen LogP contribution in [0.1, 0.15) is 68.7 Å². The first kappa shape index (κ1) is 25.1. The van der Waals surface area contributed by atoms with E-state index >= 15 is 0 Å². The number of Topliss-reactive ketones (excluding diaryl/α,β-unsaturated/α-hetero) is 1. The fourth-order valence-electron chi connectivity index (χ4n) is 5.50. The molecule has 5 nitrogen and oxygen atoms in total. The molecular formula is C24H42O5Si. The summed E-state index contributed by atoms with van der Waals surface area (Å²) < 4.78 is 18.3. The van der Waals surface area contributed by atoms with Crippen molar-refractivity contribution in [3.05, 3.63) is 11.3 Å². The normalized spacial score (nSPS) is 32.0. The Kier molecular flexibility index (Phi) is 6.51. The molecule has 2 aliphatic rings. The van der Waals surface area contributed by atoms with Crippen molar-refractivity contribution in [1.82, 2.24) is 0 Å². The van der Waals surface area contributed by atoms with Gasteiger partial charge < -0.3 is 13.9 Å². The van der Waals surface area contributed by atoms with E-state index < -0.39 is 25.8 Å². The van der Waals surface area contributed by atoms with Gasteiger partial charge in [0, 0.05) is 0 Å². The van der Waals surface area contributed by atoms with Crippen LogP contribution >= 0.6 is 0 Å². The van der Waals surface area contributed by atoms with E-state index in [1.807, 2.05) is 6.92 Å². The summed E-state index contributed by atoms with van der Waals surface area (Å²) in [5, 5.41) is 0.0416. The van der Waals surface area contributed by atoms with E-state index in [4.69, 9.17) is 13.9 Å². The highest BCUT2D eigenvalue weighted by molar-refractivity contribution is 6.74. The van der Waals surface area contributed by atoms with E-state index in [9.17, 15) is 9.59 Å². The van der Waals surface area contributed by atoms with E-state index in [1.54, 1.807) is 6.92 Å². The first-order valence-electron chi connectivity index (χ1n) is 11.1. The first-order chi connectivity index (χ1) is 13.4. The molecule has 1 heterocycles. The zero-order valence-corrected chi connectivity index (χ0v) is 22.1. The number of rotatable bonds is 4. The fraction of sp³-hybridized carbons (Fsp3) is 0.833. The summed E-state index contributed by atoms with van der Waals surface area (Å²) in [6.07, 6.45) is 0.611. The quantitative estimate of drug-likeness (QED) is 0.329. The summed E-state index contributed by atoms with van der Waals surface area (Å²) in [4.78, 5) is 26.2. The molecule has 1 aliphatic carbocycles. The predicted molar refractivity (Wildman–Crippen MR) is 121 cm³/mol. The van der Waals surface area contributed by atoms with Crippen LogP contribution in [-0.4, -0.2) is 38.9 Å². The van der Waals surface area contributed by atoms with Crippen LogP contribution in [0.5, 0.6) is 0 Å². The van der Waals surface area contributed by atoms with Gasteiger partial charge in [0.25, 0.3) is 0 Å². The monoisotopic (exact) mass is 438 g/mol. The molecule has 1 fully saturated rings. The summed E-state index contributed by atoms with van der Waals surface area (Å²) in [6.45, 7) is 23.5. The van der Waals surface area contributed by atoms with Crippen LogP contribution in [0, 0.1) is 23.2 Å². The van der Waals surface area contributed by atoms with Gasteiger partial charge in [-0.15, -0.1) is 0 Å². The van der Waals surface area contributed by atoms with E-state index in [-0.39, 0.29) is 33.8 Å². The molecule has 30 heavy (non-hydrogen) atoms. The summed E-state index contributed by atoms with van der Waals surface area (Å²) >= 11 is 0. The molecule has 0 saturated heterocycles. The van der Waals surface area contributed by atoms with Gasteiger partial charge in [0.2, 0.25) is 0 Å².